The van der Waals surface area contributed by atoms with E-state index in [1.54, 1.807) is 29.3 Å². The SMILES string of the molecule is Cc1ccc(NC(=O)C2CCCN(C(=O)c3cc(N)ccc3C)C2)nc1. The minimum atomic E-state index is -0.239. The van der Waals surface area contributed by atoms with Gasteiger partial charge in [-0.3, -0.25) is 9.59 Å². The number of carbonyl (C=O) groups excluding carboxylic acids is 2. The Hall–Kier alpha value is -2.89. The molecular formula is C20H24N4O2. The number of piperidine rings is 1. The highest BCUT2D eigenvalue weighted by Gasteiger charge is 2.29. The number of aromatic nitrogens is 1. The molecule has 0 bridgehead atoms. The Morgan fingerprint density at radius 3 is 2.77 bits per heavy atom. The number of amides is 2. The lowest BCUT2D eigenvalue weighted by Gasteiger charge is -2.32. The fraction of sp³-hybridized carbons (Fsp3) is 0.350. The summed E-state index contributed by atoms with van der Waals surface area (Å²) in [6.45, 7) is 4.90. The maximum absolute atomic E-state index is 12.9. The number of rotatable bonds is 3. The zero-order valence-corrected chi connectivity index (χ0v) is 15.2. The summed E-state index contributed by atoms with van der Waals surface area (Å²) in [5, 5.41) is 2.85. The number of benzene rings is 1. The second-order valence-electron chi connectivity index (χ2n) is 6.87. The van der Waals surface area contributed by atoms with E-state index in [9.17, 15) is 9.59 Å². The summed E-state index contributed by atoms with van der Waals surface area (Å²) < 4.78 is 0. The fourth-order valence-electron chi connectivity index (χ4n) is 3.19. The van der Waals surface area contributed by atoms with Crippen LogP contribution in [0.1, 0.15) is 34.3 Å². The number of aryl methyl sites for hydroxylation is 2. The Morgan fingerprint density at radius 1 is 1.23 bits per heavy atom. The van der Waals surface area contributed by atoms with Crippen molar-refractivity contribution in [3.63, 3.8) is 0 Å². The number of pyridine rings is 1. The Morgan fingerprint density at radius 2 is 2.04 bits per heavy atom. The van der Waals surface area contributed by atoms with Crippen LogP contribution in [-0.2, 0) is 4.79 Å². The van der Waals surface area contributed by atoms with Crippen LogP contribution in [0.4, 0.5) is 11.5 Å². The summed E-state index contributed by atoms with van der Waals surface area (Å²) in [5.41, 5.74) is 8.92. The smallest absolute Gasteiger partial charge is 0.254 e. The first-order valence-corrected chi connectivity index (χ1v) is 8.83. The van der Waals surface area contributed by atoms with Crippen molar-refractivity contribution in [3.8, 4) is 0 Å². The molecule has 26 heavy (non-hydrogen) atoms. The van der Waals surface area contributed by atoms with Crippen molar-refractivity contribution >= 4 is 23.3 Å². The molecule has 1 aliphatic heterocycles. The van der Waals surface area contributed by atoms with Gasteiger partial charge >= 0.3 is 0 Å². The topological polar surface area (TPSA) is 88.3 Å². The minimum Gasteiger partial charge on any atom is -0.399 e. The summed E-state index contributed by atoms with van der Waals surface area (Å²) in [4.78, 5) is 31.4. The van der Waals surface area contributed by atoms with E-state index >= 15 is 0 Å². The van der Waals surface area contributed by atoms with Gasteiger partial charge in [0, 0.05) is 30.5 Å². The average molecular weight is 352 g/mol. The largest absolute Gasteiger partial charge is 0.399 e. The zero-order chi connectivity index (χ0) is 18.7. The Balaban J connectivity index is 1.68. The second kappa shape index (κ2) is 7.56. The lowest BCUT2D eigenvalue weighted by Crippen LogP contribution is -2.44. The highest BCUT2D eigenvalue weighted by Crippen LogP contribution is 2.22. The molecule has 1 aliphatic rings. The van der Waals surface area contributed by atoms with Gasteiger partial charge in [0.05, 0.1) is 5.92 Å². The Labute approximate surface area is 153 Å². The highest BCUT2D eigenvalue weighted by atomic mass is 16.2. The molecule has 0 saturated carbocycles. The van der Waals surface area contributed by atoms with E-state index < -0.39 is 0 Å². The molecule has 1 unspecified atom stereocenters. The summed E-state index contributed by atoms with van der Waals surface area (Å²) in [6.07, 6.45) is 3.28. The number of nitrogens with one attached hydrogen (secondary N) is 1. The number of nitrogens with two attached hydrogens (primary N) is 1. The van der Waals surface area contributed by atoms with Gasteiger partial charge in [0.15, 0.2) is 0 Å². The van der Waals surface area contributed by atoms with E-state index in [2.05, 4.69) is 10.3 Å². The van der Waals surface area contributed by atoms with Gasteiger partial charge in [-0.2, -0.15) is 0 Å². The van der Waals surface area contributed by atoms with Gasteiger partial charge in [-0.15, -0.1) is 0 Å². The molecule has 1 fully saturated rings. The first-order valence-electron chi connectivity index (χ1n) is 8.83. The van der Waals surface area contributed by atoms with Crippen LogP contribution in [0.15, 0.2) is 36.5 Å². The third-order valence-electron chi connectivity index (χ3n) is 4.73. The summed E-state index contributed by atoms with van der Waals surface area (Å²) in [5.74, 6) is 0.136. The average Bonchev–Trinajstić information content (AvgIpc) is 2.65. The van der Waals surface area contributed by atoms with Crippen LogP contribution in [0.3, 0.4) is 0 Å². The van der Waals surface area contributed by atoms with Crippen molar-refractivity contribution in [1.29, 1.82) is 0 Å². The molecule has 0 spiro atoms. The van der Waals surface area contributed by atoms with Crippen LogP contribution in [0.25, 0.3) is 0 Å². The molecule has 2 amide bonds. The number of nitrogens with zero attached hydrogens (tertiary/aromatic N) is 2. The Bertz CT molecular complexity index is 817. The van der Waals surface area contributed by atoms with Crippen LogP contribution in [0.2, 0.25) is 0 Å². The maximum atomic E-state index is 12.9. The molecule has 1 atom stereocenters. The molecule has 3 rings (SSSR count). The van der Waals surface area contributed by atoms with Crippen molar-refractivity contribution in [1.82, 2.24) is 9.88 Å². The summed E-state index contributed by atoms with van der Waals surface area (Å²) in [7, 11) is 0. The van der Waals surface area contributed by atoms with Crippen molar-refractivity contribution in [2.24, 2.45) is 5.92 Å². The predicted molar refractivity (Wildman–Crippen MR) is 102 cm³/mol. The third-order valence-corrected chi connectivity index (χ3v) is 4.73. The highest BCUT2D eigenvalue weighted by molar-refractivity contribution is 5.97. The molecule has 1 aromatic carbocycles. The van der Waals surface area contributed by atoms with E-state index in [1.165, 1.54) is 0 Å². The molecular weight excluding hydrogens is 328 g/mol. The van der Waals surface area contributed by atoms with Crippen molar-refractivity contribution in [3.05, 3.63) is 53.2 Å². The lowest BCUT2D eigenvalue weighted by atomic mass is 9.96. The maximum Gasteiger partial charge on any atom is 0.254 e. The van der Waals surface area contributed by atoms with Crippen molar-refractivity contribution < 1.29 is 9.59 Å². The zero-order valence-electron chi connectivity index (χ0n) is 15.2. The van der Waals surface area contributed by atoms with Gasteiger partial charge in [-0.05, 0) is 56.0 Å². The normalized spacial score (nSPS) is 17.0. The molecule has 2 heterocycles. The first kappa shape index (κ1) is 17.9. The molecule has 2 aromatic rings. The van der Waals surface area contributed by atoms with Crippen molar-refractivity contribution in [2.75, 3.05) is 24.1 Å². The van der Waals surface area contributed by atoms with E-state index in [0.717, 1.165) is 24.0 Å². The van der Waals surface area contributed by atoms with E-state index in [4.69, 9.17) is 5.73 Å². The molecule has 0 aliphatic carbocycles. The lowest BCUT2D eigenvalue weighted by molar-refractivity contribution is -0.121. The molecule has 1 saturated heterocycles. The minimum absolute atomic E-state index is 0.0687. The van der Waals surface area contributed by atoms with E-state index in [1.807, 2.05) is 26.0 Å². The Kier molecular flexibility index (Phi) is 5.21. The summed E-state index contributed by atoms with van der Waals surface area (Å²) in [6, 6.07) is 9.03. The molecule has 0 radical (unpaired) electrons. The molecule has 6 heteroatoms. The standard InChI is InChI=1S/C20H24N4O2/c1-13-5-8-18(22-11-13)23-19(25)15-4-3-9-24(12-15)20(26)17-10-16(21)7-6-14(17)2/h5-8,10-11,15H,3-4,9,12,21H2,1-2H3,(H,22,23,25). The van der Waals surface area contributed by atoms with Crippen molar-refractivity contribution in [2.45, 2.75) is 26.7 Å². The summed E-state index contributed by atoms with van der Waals surface area (Å²) >= 11 is 0. The quantitative estimate of drug-likeness (QED) is 0.832. The second-order valence-corrected chi connectivity index (χ2v) is 6.87. The van der Waals surface area contributed by atoms with Gasteiger partial charge in [-0.25, -0.2) is 4.98 Å². The van der Waals surface area contributed by atoms with E-state index in [0.29, 0.717) is 30.2 Å². The van der Waals surface area contributed by atoms with Gasteiger partial charge < -0.3 is 16.0 Å². The first-order chi connectivity index (χ1) is 12.4. The van der Waals surface area contributed by atoms with Crippen LogP contribution in [-0.4, -0.2) is 34.8 Å². The number of likely N-dealkylation sites (tertiary alicyclic amines) is 1. The van der Waals surface area contributed by atoms with Gasteiger partial charge in [0.1, 0.15) is 5.82 Å². The van der Waals surface area contributed by atoms with Crippen LogP contribution in [0, 0.1) is 19.8 Å². The molecule has 136 valence electrons. The molecule has 3 N–H and O–H groups in total. The van der Waals surface area contributed by atoms with Crippen LogP contribution >= 0.6 is 0 Å². The predicted octanol–water partition coefficient (Wildman–Crippen LogP) is 2.77. The van der Waals surface area contributed by atoms with Gasteiger partial charge in [-0.1, -0.05) is 12.1 Å². The van der Waals surface area contributed by atoms with Crippen LogP contribution in [0.5, 0.6) is 0 Å². The fourth-order valence-corrected chi connectivity index (χ4v) is 3.19. The number of hydrogen-bond acceptors (Lipinski definition) is 4. The van der Waals surface area contributed by atoms with E-state index in [-0.39, 0.29) is 17.7 Å². The van der Waals surface area contributed by atoms with Crippen LogP contribution < -0.4 is 11.1 Å². The number of hydrogen-bond donors (Lipinski definition) is 2. The molecule has 1 aromatic heterocycles. The third kappa shape index (κ3) is 4.02. The molecule has 6 nitrogen and oxygen atoms in total. The van der Waals surface area contributed by atoms with Gasteiger partial charge in [0.2, 0.25) is 5.91 Å². The number of anilines is 2. The number of nitrogen functional groups attached to an aromatic ring is 1. The monoisotopic (exact) mass is 352 g/mol. The number of carbonyl (C=O) groups is 2. The van der Waals surface area contributed by atoms with Gasteiger partial charge in [0.25, 0.3) is 5.91 Å².